The third kappa shape index (κ3) is 5.88. The molecule has 0 amide bonds. The van der Waals surface area contributed by atoms with Crippen LogP contribution >= 0.6 is 0 Å². The van der Waals surface area contributed by atoms with Gasteiger partial charge in [0.05, 0.1) is 11.9 Å². The van der Waals surface area contributed by atoms with Crippen LogP contribution in [0.3, 0.4) is 0 Å². The first-order valence-corrected chi connectivity index (χ1v) is 11.4. The van der Waals surface area contributed by atoms with Crippen molar-refractivity contribution >= 4 is 15.7 Å². The van der Waals surface area contributed by atoms with Gasteiger partial charge in [-0.3, -0.25) is 0 Å². The van der Waals surface area contributed by atoms with Crippen molar-refractivity contribution in [2.75, 3.05) is 18.5 Å². The summed E-state index contributed by atoms with van der Waals surface area (Å²) in [5.41, 5.74) is 1.10. The smallest absolute Gasteiger partial charge is 0.214 e. The molecule has 2 aliphatic rings. The Labute approximate surface area is 158 Å². The summed E-state index contributed by atoms with van der Waals surface area (Å²) < 4.78 is 32.7. The van der Waals surface area contributed by atoms with Crippen molar-refractivity contribution in [1.82, 2.24) is 4.72 Å². The second-order valence-electron chi connectivity index (χ2n) is 8.09. The molecule has 0 saturated heterocycles. The number of hydrogen-bond donors (Lipinski definition) is 2. The molecule has 0 heterocycles. The fraction of sp³-hybridized carbons (Fsp3) is 0.700. The minimum Gasteiger partial charge on any atom is -0.493 e. The molecular weight excluding hydrogens is 348 g/mol. The van der Waals surface area contributed by atoms with E-state index in [2.05, 4.69) is 22.2 Å². The fourth-order valence-electron chi connectivity index (χ4n) is 3.31. The molecule has 2 fully saturated rings. The van der Waals surface area contributed by atoms with Crippen LogP contribution in [-0.2, 0) is 10.0 Å². The van der Waals surface area contributed by atoms with Gasteiger partial charge in [0.25, 0.3) is 0 Å². The van der Waals surface area contributed by atoms with Gasteiger partial charge >= 0.3 is 0 Å². The molecule has 146 valence electrons. The van der Waals surface area contributed by atoms with Gasteiger partial charge in [-0.25, -0.2) is 13.1 Å². The summed E-state index contributed by atoms with van der Waals surface area (Å²) in [6, 6.07) is 8.29. The molecule has 2 saturated carbocycles. The van der Waals surface area contributed by atoms with E-state index in [-0.39, 0.29) is 11.3 Å². The quantitative estimate of drug-likeness (QED) is 0.684. The van der Waals surface area contributed by atoms with Crippen molar-refractivity contribution in [3.63, 3.8) is 0 Å². The molecule has 1 aromatic rings. The first kappa shape index (κ1) is 19.5. The number of anilines is 1. The van der Waals surface area contributed by atoms with Gasteiger partial charge in [-0.1, -0.05) is 6.07 Å². The summed E-state index contributed by atoms with van der Waals surface area (Å²) in [7, 11) is -3.16. The zero-order chi connectivity index (χ0) is 18.6. The zero-order valence-electron chi connectivity index (χ0n) is 15.9. The average molecular weight is 381 g/mol. The van der Waals surface area contributed by atoms with Crippen molar-refractivity contribution in [2.45, 2.75) is 63.7 Å². The number of rotatable bonds is 9. The first-order chi connectivity index (χ1) is 12.4. The molecule has 0 unspecified atom stereocenters. The topological polar surface area (TPSA) is 67.4 Å². The lowest BCUT2D eigenvalue weighted by atomic mass is 9.86. The van der Waals surface area contributed by atoms with Crippen molar-refractivity contribution in [3.8, 4) is 5.75 Å². The Bertz CT molecular complexity index is 678. The van der Waals surface area contributed by atoms with Crippen LogP contribution in [0, 0.1) is 11.8 Å². The Morgan fingerprint density at radius 1 is 1.08 bits per heavy atom. The largest absolute Gasteiger partial charge is 0.493 e. The molecule has 2 aliphatic carbocycles. The van der Waals surface area contributed by atoms with Gasteiger partial charge in [0.2, 0.25) is 10.0 Å². The molecule has 26 heavy (non-hydrogen) atoms. The number of ether oxygens (including phenoxy) is 1. The van der Waals surface area contributed by atoms with Crippen LogP contribution in [0.2, 0.25) is 0 Å². The summed E-state index contributed by atoms with van der Waals surface area (Å²) in [6.07, 6.45) is 6.54. The standard InChI is InChI=1S/C20H32N2O3S/c1-15(2)26(23,24)22-18-10-8-16(9-11-18)13-21-19-4-3-5-20(12-19)25-14-17-6-7-17/h3-5,12,15-18,21-22H,6-11,13-14H2,1-2H3/t16-,18-. The van der Waals surface area contributed by atoms with Gasteiger partial charge in [0.1, 0.15) is 5.75 Å². The van der Waals surface area contributed by atoms with Crippen molar-refractivity contribution in [3.05, 3.63) is 24.3 Å². The van der Waals surface area contributed by atoms with Gasteiger partial charge in [0, 0.05) is 24.3 Å². The third-order valence-electron chi connectivity index (χ3n) is 5.41. The zero-order valence-corrected chi connectivity index (χ0v) is 16.7. The fourth-order valence-corrected chi connectivity index (χ4v) is 4.28. The maximum absolute atomic E-state index is 12.0. The molecule has 0 spiro atoms. The number of benzene rings is 1. The van der Waals surface area contributed by atoms with Crippen LogP contribution in [-0.4, -0.2) is 32.9 Å². The van der Waals surface area contributed by atoms with Crippen LogP contribution in [0.25, 0.3) is 0 Å². The number of nitrogens with one attached hydrogen (secondary N) is 2. The van der Waals surface area contributed by atoms with Crippen LogP contribution in [0.15, 0.2) is 24.3 Å². The highest BCUT2D eigenvalue weighted by Gasteiger charge is 2.26. The van der Waals surface area contributed by atoms with E-state index in [4.69, 9.17) is 4.74 Å². The van der Waals surface area contributed by atoms with E-state index in [9.17, 15) is 8.42 Å². The molecule has 2 N–H and O–H groups in total. The van der Waals surface area contributed by atoms with Gasteiger partial charge in [-0.2, -0.15) is 0 Å². The summed E-state index contributed by atoms with van der Waals surface area (Å²) >= 11 is 0. The van der Waals surface area contributed by atoms with E-state index in [0.29, 0.717) is 5.92 Å². The lowest BCUT2D eigenvalue weighted by Gasteiger charge is -2.29. The van der Waals surface area contributed by atoms with E-state index < -0.39 is 10.0 Å². The molecule has 1 aromatic carbocycles. The molecule has 0 aliphatic heterocycles. The second-order valence-corrected chi connectivity index (χ2v) is 10.4. The molecule has 0 atom stereocenters. The average Bonchev–Trinajstić information content (AvgIpc) is 3.44. The van der Waals surface area contributed by atoms with Gasteiger partial charge in [-0.05, 0) is 76.3 Å². The lowest BCUT2D eigenvalue weighted by Crippen LogP contribution is -2.41. The second kappa shape index (κ2) is 8.61. The Hall–Kier alpha value is -1.27. The van der Waals surface area contributed by atoms with E-state index >= 15 is 0 Å². The summed E-state index contributed by atoms with van der Waals surface area (Å²) in [5, 5.41) is 3.16. The van der Waals surface area contributed by atoms with E-state index in [0.717, 1.165) is 56.2 Å². The van der Waals surface area contributed by atoms with Crippen LogP contribution < -0.4 is 14.8 Å². The minimum atomic E-state index is -3.16. The maximum atomic E-state index is 12.0. The van der Waals surface area contributed by atoms with Crippen LogP contribution in [0.1, 0.15) is 52.4 Å². The predicted molar refractivity (Wildman–Crippen MR) is 106 cm³/mol. The summed E-state index contributed by atoms with van der Waals surface area (Å²) in [4.78, 5) is 0. The summed E-state index contributed by atoms with van der Waals surface area (Å²) in [5.74, 6) is 2.29. The molecule has 0 bridgehead atoms. The Morgan fingerprint density at radius 3 is 2.42 bits per heavy atom. The van der Waals surface area contributed by atoms with Crippen molar-refractivity contribution in [1.29, 1.82) is 0 Å². The predicted octanol–water partition coefficient (Wildman–Crippen LogP) is 3.77. The molecular formula is C20H32N2O3S. The highest BCUT2D eigenvalue weighted by atomic mass is 32.2. The Kier molecular flexibility index (Phi) is 6.46. The molecule has 6 heteroatoms. The van der Waals surface area contributed by atoms with Gasteiger partial charge in [-0.15, -0.1) is 0 Å². The van der Waals surface area contributed by atoms with E-state index in [1.165, 1.54) is 12.8 Å². The van der Waals surface area contributed by atoms with Gasteiger partial charge in [0.15, 0.2) is 0 Å². The normalized spacial score (nSPS) is 23.8. The van der Waals surface area contributed by atoms with Crippen molar-refractivity contribution in [2.24, 2.45) is 11.8 Å². The third-order valence-corrected chi connectivity index (χ3v) is 7.31. The monoisotopic (exact) mass is 380 g/mol. The van der Waals surface area contributed by atoms with Crippen LogP contribution in [0.5, 0.6) is 5.75 Å². The lowest BCUT2D eigenvalue weighted by molar-refractivity contribution is 0.300. The van der Waals surface area contributed by atoms with Crippen LogP contribution in [0.4, 0.5) is 5.69 Å². The Morgan fingerprint density at radius 2 is 1.77 bits per heavy atom. The van der Waals surface area contributed by atoms with E-state index in [1.54, 1.807) is 13.8 Å². The minimum absolute atomic E-state index is 0.0952. The first-order valence-electron chi connectivity index (χ1n) is 9.90. The van der Waals surface area contributed by atoms with E-state index in [1.807, 2.05) is 12.1 Å². The SMILES string of the molecule is CC(C)S(=O)(=O)N[C@H]1CC[C@H](CNc2cccc(OCC3CC3)c2)CC1. The Balaban J connectivity index is 1.40. The molecule has 3 rings (SSSR count). The maximum Gasteiger partial charge on any atom is 0.214 e. The number of hydrogen-bond acceptors (Lipinski definition) is 4. The summed E-state index contributed by atoms with van der Waals surface area (Å²) in [6.45, 7) is 5.20. The molecule has 0 aromatic heterocycles. The highest BCUT2D eigenvalue weighted by Crippen LogP contribution is 2.30. The highest BCUT2D eigenvalue weighted by molar-refractivity contribution is 7.90. The van der Waals surface area contributed by atoms with Crippen molar-refractivity contribution < 1.29 is 13.2 Å². The number of sulfonamides is 1. The molecule has 0 radical (unpaired) electrons. The molecule has 5 nitrogen and oxygen atoms in total. The van der Waals surface area contributed by atoms with Gasteiger partial charge < -0.3 is 10.1 Å².